The Hall–Kier alpha value is -1.26. The second-order valence-corrected chi connectivity index (χ2v) is 2.98. The second kappa shape index (κ2) is 3.64. The average molecular weight is 201 g/mol. The Morgan fingerprint density at radius 3 is 2.69 bits per heavy atom. The minimum atomic E-state index is -1.00. The first-order valence-electron chi connectivity index (χ1n) is 3.57. The zero-order valence-electron chi connectivity index (χ0n) is 6.99. The van der Waals surface area contributed by atoms with Crippen molar-refractivity contribution in [3.05, 3.63) is 29.3 Å². The van der Waals surface area contributed by atoms with Gasteiger partial charge in [0.15, 0.2) is 0 Å². The number of rotatable bonds is 2. The molecule has 0 heterocycles. The van der Waals surface area contributed by atoms with Crippen LogP contribution in [0.15, 0.2) is 18.2 Å². The largest absolute Gasteiger partial charge is 0.478 e. The Bertz CT molecular complexity index is 339. The summed E-state index contributed by atoms with van der Waals surface area (Å²) in [7, 11) is 0. The fourth-order valence-corrected chi connectivity index (χ4v) is 1.15. The maximum atomic E-state index is 10.6. The molecule has 0 aliphatic heterocycles. The third-order valence-corrected chi connectivity index (χ3v) is 1.87. The number of carboxylic acids is 1. The van der Waals surface area contributed by atoms with Gasteiger partial charge in [0.25, 0.3) is 0 Å². The van der Waals surface area contributed by atoms with Gasteiger partial charge in [-0.05, 0) is 24.6 Å². The Balaban J connectivity index is 3.19. The van der Waals surface area contributed by atoms with Crippen LogP contribution < -0.4 is 10.4 Å². The molecule has 0 saturated carbocycles. The van der Waals surface area contributed by atoms with E-state index in [-0.39, 0.29) is 5.56 Å². The molecular weight excluding hydrogens is 192 g/mol. The summed E-state index contributed by atoms with van der Waals surface area (Å²) in [5, 5.41) is 8.68. The number of nitrogens with zero attached hydrogens (tertiary/aromatic N) is 1. The van der Waals surface area contributed by atoms with Gasteiger partial charge in [0.1, 0.15) is 0 Å². The lowest BCUT2D eigenvalue weighted by Gasteiger charge is -2.11. The highest BCUT2D eigenvalue weighted by molar-refractivity contribution is 6.25. The van der Waals surface area contributed by atoms with Crippen molar-refractivity contribution in [3.63, 3.8) is 0 Å². The summed E-state index contributed by atoms with van der Waals surface area (Å²) in [6.07, 6.45) is 0. The number of hydrogen-bond acceptors (Lipinski definition) is 3. The predicted octanol–water partition coefficient (Wildman–Crippen LogP) is 1.53. The van der Waals surface area contributed by atoms with Gasteiger partial charge in [-0.15, -0.1) is 0 Å². The summed E-state index contributed by atoms with van der Waals surface area (Å²) < 4.78 is 0.877. The van der Waals surface area contributed by atoms with Crippen LogP contribution in [0.5, 0.6) is 0 Å². The fourth-order valence-electron chi connectivity index (χ4n) is 0.973. The van der Waals surface area contributed by atoms with E-state index in [0.29, 0.717) is 5.69 Å². The Morgan fingerprint density at radius 2 is 2.23 bits per heavy atom. The average Bonchev–Trinajstić information content (AvgIpc) is 2.04. The molecule has 1 aromatic rings. The van der Waals surface area contributed by atoms with Crippen LogP contribution in [0.3, 0.4) is 0 Å². The molecule has 0 saturated heterocycles. The minimum Gasteiger partial charge on any atom is -0.478 e. The number of anilines is 1. The molecule has 0 bridgehead atoms. The van der Waals surface area contributed by atoms with Gasteiger partial charge >= 0.3 is 5.97 Å². The lowest BCUT2D eigenvalue weighted by atomic mass is 10.1. The quantitative estimate of drug-likeness (QED) is 0.432. The Kier molecular flexibility index (Phi) is 2.75. The molecule has 5 heteroatoms. The van der Waals surface area contributed by atoms with Gasteiger partial charge in [0, 0.05) is 11.8 Å². The first-order valence-corrected chi connectivity index (χ1v) is 3.90. The number of carboxylic acid groups (broad SMARTS) is 1. The molecule has 0 fully saturated rings. The highest BCUT2D eigenvalue weighted by atomic mass is 35.5. The fraction of sp³-hybridized carbons (Fsp3) is 0.125. The van der Waals surface area contributed by atoms with Crippen LogP contribution in [-0.2, 0) is 0 Å². The van der Waals surface area contributed by atoms with Crippen LogP contribution in [0.4, 0.5) is 5.69 Å². The molecule has 4 nitrogen and oxygen atoms in total. The molecule has 1 aromatic carbocycles. The lowest BCUT2D eigenvalue weighted by Crippen LogP contribution is -2.19. The highest BCUT2D eigenvalue weighted by Crippen LogP contribution is 2.20. The first-order chi connectivity index (χ1) is 6.02. The predicted molar refractivity (Wildman–Crippen MR) is 50.7 cm³/mol. The van der Waals surface area contributed by atoms with E-state index < -0.39 is 5.97 Å². The van der Waals surface area contributed by atoms with E-state index >= 15 is 0 Å². The van der Waals surface area contributed by atoms with E-state index in [4.69, 9.17) is 22.7 Å². The standard InChI is InChI=1S/C8H9ClN2O2/c1-5-2-3-6(8(12)13)4-7(5)11(9)10/h2-4H,10H2,1H3,(H,12,13). The zero-order chi connectivity index (χ0) is 10.0. The third kappa shape index (κ3) is 2.11. The molecule has 0 aromatic heterocycles. The molecule has 3 N–H and O–H groups in total. The van der Waals surface area contributed by atoms with Crippen molar-refractivity contribution in [3.8, 4) is 0 Å². The molecule has 0 atom stereocenters. The van der Waals surface area contributed by atoms with Gasteiger partial charge in [0.05, 0.1) is 11.3 Å². The second-order valence-electron chi connectivity index (χ2n) is 2.62. The van der Waals surface area contributed by atoms with E-state index in [0.717, 1.165) is 10.1 Å². The normalized spacial score (nSPS) is 9.77. The van der Waals surface area contributed by atoms with E-state index in [1.807, 2.05) is 0 Å². The summed E-state index contributed by atoms with van der Waals surface area (Å²) in [4.78, 5) is 10.6. The molecule has 13 heavy (non-hydrogen) atoms. The number of aromatic carboxylic acids is 1. The number of hydrazine groups is 1. The highest BCUT2D eigenvalue weighted by Gasteiger charge is 2.08. The molecule has 0 aliphatic rings. The van der Waals surface area contributed by atoms with Gasteiger partial charge in [-0.2, -0.15) is 0 Å². The van der Waals surface area contributed by atoms with Crippen LogP contribution in [0.1, 0.15) is 15.9 Å². The zero-order valence-corrected chi connectivity index (χ0v) is 7.75. The van der Waals surface area contributed by atoms with Gasteiger partial charge in [-0.1, -0.05) is 6.07 Å². The molecule has 0 aliphatic carbocycles. The first kappa shape index (κ1) is 9.83. The van der Waals surface area contributed by atoms with E-state index in [2.05, 4.69) is 0 Å². The summed E-state index contributed by atoms with van der Waals surface area (Å²) in [6, 6.07) is 4.58. The minimum absolute atomic E-state index is 0.164. The van der Waals surface area contributed by atoms with Crippen molar-refractivity contribution in [1.82, 2.24) is 0 Å². The van der Waals surface area contributed by atoms with E-state index in [1.165, 1.54) is 12.1 Å². The summed E-state index contributed by atoms with van der Waals surface area (Å²) in [5.74, 6) is 4.29. The maximum absolute atomic E-state index is 10.6. The van der Waals surface area contributed by atoms with Gasteiger partial charge in [-0.25, -0.2) is 15.2 Å². The van der Waals surface area contributed by atoms with Crippen molar-refractivity contribution >= 4 is 23.4 Å². The Morgan fingerprint density at radius 1 is 1.62 bits per heavy atom. The van der Waals surface area contributed by atoms with E-state index in [1.54, 1.807) is 13.0 Å². The number of benzene rings is 1. The van der Waals surface area contributed by atoms with Crippen LogP contribution >= 0.6 is 11.8 Å². The van der Waals surface area contributed by atoms with Crippen molar-refractivity contribution < 1.29 is 9.90 Å². The molecule has 0 unspecified atom stereocenters. The van der Waals surface area contributed by atoms with Crippen molar-refractivity contribution in [2.75, 3.05) is 4.53 Å². The monoisotopic (exact) mass is 200 g/mol. The number of hydrogen-bond donors (Lipinski definition) is 2. The van der Waals surface area contributed by atoms with Gasteiger partial charge < -0.3 is 5.11 Å². The van der Waals surface area contributed by atoms with Crippen LogP contribution in [-0.4, -0.2) is 11.1 Å². The SMILES string of the molecule is Cc1ccc(C(=O)O)cc1N(N)Cl. The van der Waals surface area contributed by atoms with Crippen molar-refractivity contribution in [2.24, 2.45) is 5.84 Å². The molecule has 0 radical (unpaired) electrons. The summed E-state index contributed by atoms with van der Waals surface area (Å²) >= 11 is 5.50. The van der Waals surface area contributed by atoms with Gasteiger partial charge in [0.2, 0.25) is 0 Å². The van der Waals surface area contributed by atoms with Crippen molar-refractivity contribution in [1.29, 1.82) is 0 Å². The number of aryl methyl sites for hydroxylation is 1. The lowest BCUT2D eigenvalue weighted by molar-refractivity contribution is 0.0697. The summed E-state index contributed by atoms with van der Waals surface area (Å²) in [5.41, 5.74) is 1.47. The molecule has 0 amide bonds. The third-order valence-electron chi connectivity index (χ3n) is 1.69. The maximum Gasteiger partial charge on any atom is 0.335 e. The summed E-state index contributed by atoms with van der Waals surface area (Å²) in [6.45, 7) is 1.79. The molecule has 1 rings (SSSR count). The number of halogens is 1. The molecule has 70 valence electrons. The smallest absolute Gasteiger partial charge is 0.335 e. The topological polar surface area (TPSA) is 66.6 Å². The molecular formula is C8H9ClN2O2. The van der Waals surface area contributed by atoms with Crippen molar-refractivity contribution in [2.45, 2.75) is 6.92 Å². The number of carbonyl (C=O) groups is 1. The van der Waals surface area contributed by atoms with Crippen LogP contribution in [0, 0.1) is 6.92 Å². The van der Waals surface area contributed by atoms with Crippen LogP contribution in [0.2, 0.25) is 0 Å². The number of nitrogens with two attached hydrogens (primary N) is 1. The Labute approximate surface area is 80.6 Å². The van der Waals surface area contributed by atoms with E-state index in [9.17, 15) is 4.79 Å². The van der Waals surface area contributed by atoms with Crippen LogP contribution in [0.25, 0.3) is 0 Å². The molecule has 0 spiro atoms. The van der Waals surface area contributed by atoms with Gasteiger partial charge in [-0.3, -0.25) is 0 Å².